The summed E-state index contributed by atoms with van der Waals surface area (Å²) in [6, 6.07) is 14.6. The third-order valence-corrected chi connectivity index (χ3v) is 4.93. The van der Waals surface area contributed by atoms with Crippen molar-refractivity contribution in [1.29, 1.82) is 0 Å². The Labute approximate surface area is 125 Å². The fraction of sp³-hybridized carbons (Fsp3) is 0.375. The van der Waals surface area contributed by atoms with E-state index >= 15 is 0 Å². The van der Waals surface area contributed by atoms with E-state index in [1.807, 2.05) is 18.2 Å². The zero-order valence-corrected chi connectivity index (χ0v) is 13.0. The van der Waals surface area contributed by atoms with Gasteiger partial charge in [-0.2, -0.15) is 0 Å². The molecule has 5 heteroatoms. The monoisotopic (exact) mass is 304 g/mol. The van der Waals surface area contributed by atoms with Gasteiger partial charge in [-0.05, 0) is 17.7 Å². The van der Waals surface area contributed by atoms with Gasteiger partial charge >= 0.3 is 0 Å². The molecule has 1 aromatic heterocycles. The zero-order valence-electron chi connectivity index (χ0n) is 12.1. The molecule has 1 atom stereocenters. The fourth-order valence-electron chi connectivity index (χ4n) is 2.97. The second-order valence-corrected chi connectivity index (χ2v) is 7.87. The third kappa shape index (κ3) is 3.19. The van der Waals surface area contributed by atoms with E-state index < -0.39 is 9.84 Å². The lowest BCUT2D eigenvalue weighted by Crippen LogP contribution is -2.40. The van der Waals surface area contributed by atoms with Gasteiger partial charge in [0.25, 0.3) is 0 Å². The van der Waals surface area contributed by atoms with Gasteiger partial charge in [0.15, 0.2) is 0 Å². The highest BCUT2D eigenvalue weighted by molar-refractivity contribution is 7.90. The molecule has 1 aliphatic rings. The molecule has 21 heavy (non-hydrogen) atoms. The number of hydrogen-bond acceptors (Lipinski definition) is 3. The first-order chi connectivity index (χ1) is 10.0. The summed E-state index contributed by atoms with van der Waals surface area (Å²) in [6.45, 7) is 2.36. The molecule has 0 fully saturated rings. The van der Waals surface area contributed by atoms with Crippen LogP contribution in [0.4, 0.5) is 0 Å². The number of aromatic nitrogens is 1. The van der Waals surface area contributed by atoms with E-state index in [1.54, 1.807) is 0 Å². The summed E-state index contributed by atoms with van der Waals surface area (Å²) in [5.41, 5.74) is 2.45. The van der Waals surface area contributed by atoms with Crippen molar-refractivity contribution in [3.05, 3.63) is 59.9 Å². The van der Waals surface area contributed by atoms with Crippen LogP contribution in [0.2, 0.25) is 0 Å². The van der Waals surface area contributed by atoms with E-state index in [0.717, 1.165) is 13.1 Å². The molecule has 4 nitrogen and oxygen atoms in total. The van der Waals surface area contributed by atoms with Crippen LogP contribution >= 0.6 is 0 Å². The van der Waals surface area contributed by atoms with Crippen molar-refractivity contribution in [2.45, 2.75) is 12.6 Å². The molecule has 0 unspecified atom stereocenters. The summed E-state index contributed by atoms with van der Waals surface area (Å²) in [4.78, 5) is 2.27. The van der Waals surface area contributed by atoms with Crippen molar-refractivity contribution in [1.82, 2.24) is 9.47 Å². The van der Waals surface area contributed by atoms with Gasteiger partial charge in [0.05, 0.1) is 11.8 Å². The molecule has 0 bridgehead atoms. The maximum Gasteiger partial charge on any atom is 0.148 e. The Balaban J connectivity index is 1.93. The Morgan fingerprint density at radius 1 is 1.10 bits per heavy atom. The van der Waals surface area contributed by atoms with Crippen LogP contribution in [0.3, 0.4) is 0 Å². The highest BCUT2D eigenvalue weighted by Crippen LogP contribution is 2.31. The minimum absolute atomic E-state index is 0.136. The van der Waals surface area contributed by atoms with Crippen LogP contribution in [-0.2, 0) is 16.4 Å². The van der Waals surface area contributed by atoms with Gasteiger partial charge in [-0.15, -0.1) is 0 Å². The van der Waals surface area contributed by atoms with Crippen LogP contribution in [0.25, 0.3) is 0 Å². The van der Waals surface area contributed by atoms with Gasteiger partial charge in [-0.1, -0.05) is 30.3 Å². The number of benzene rings is 1. The molecular weight excluding hydrogens is 284 g/mol. The van der Waals surface area contributed by atoms with Crippen LogP contribution in [0.15, 0.2) is 48.7 Å². The zero-order chi connectivity index (χ0) is 14.9. The highest BCUT2D eigenvalue weighted by Gasteiger charge is 2.28. The normalized spacial score (nSPS) is 19.4. The Bertz CT molecular complexity index is 707. The van der Waals surface area contributed by atoms with Crippen LogP contribution in [-0.4, -0.2) is 43.0 Å². The maximum absolute atomic E-state index is 11.5. The van der Waals surface area contributed by atoms with Crippen molar-refractivity contribution in [2.75, 3.05) is 25.1 Å². The Morgan fingerprint density at radius 3 is 2.57 bits per heavy atom. The van der Waals surface area contributed by atoms with Crippen LogP contribution in [0, 0.1) is 0 Å². The Morgan fingerprint density at radius 2 is 1.86 bits per heavy atom. The predicted molar refractivity (Wildman–Crippen MR) is 84.0 cm³/mol. The number of rotatable bonds is 4. The molecule has 0 radical (unpaired) electrons. The minimum atomic E-state index is -2.94. The van der Waals surface area contributed by atoms with Crippen molar-refractivity contribution in [3.8, 4) is 0 Å². The van der Waals surface area contributed by atoms with Crippen LogP contribution in [0.5, 0.6) is 0 Å². The molecule has 2 aromatic rings. The molecule has 0 aliphatic carbocycles. The van der Waals surface area contributed by atoms with E-state index in [4.69, 9.17) is 0 Å². The quantitative estimate of drug-likeness (QED) is 0.867. The van der Waals surface area contributed by atoms with Gasteiger partial charge in [0.2, 0.25) is 0 Å². The first-order valence-corrected chi connectivity index (χ1v) is 9.22. The lowest BCUT2D eigenvalue weighted by Gasteiger charge is -2.37. The Hall–Kier alpha value is -1.59. The largest absolute Gasteiger partial charge is 0.348 e. The standard InChI is InChI=1S/C16H20N2O2S/c1-21(19,20)13-12-18-11-10-17-9-5-8-15(17)16(18)14-6-3-2-4-7-14/h2-9,16H,10-13H2,1H3/t16-/m0/s1. The molecule has 3 rings (SSSR count). The molecule has 0 amide bonds. The summed E-state index contributed by atoms with van der Waals surface area (Å²) >= 11 is 0. The topological polar surface area (TPSA) is 42.3 Å². The van der Waals surface area contributed by atoms with Crippen LogP contribution in [0.1, 0.15) is 17.3 Å². The molecule has 0 spiro atoms. The van der Waals surface area contributed by atoms with Gasteiger partial charge in [0, 0.05) is 37.8 Å². The minimum Gasteiger partial charge on any atom is -0.348 e. The molecule has 1 aromatic carbocycles. The predicted octanol–water partition coefficient (Wildman–Crippen LogP) is 1.94. The van der Waals surface area contributed by atoms with Gasteiger partial charge in [0.1, 0.15) is 9.84 Å². The summed E-state index contributed by atoms with van der Waals surface area (Å²) in [7, 11) is -2.94. The van der Waals surface area contributed by atoms with Crippen molar-refractivity contribution in [3.63, 3.8) is 0 Å². The lowest BCUT2D eigenvalue weighted by molar-refractivity contribution is 0.194. The van der Waals surface area contributed by atoms with Crippen LogP contribution < -0.4 is 0 Å². The molecular formula is C16H20N2O2S. The smallest absolute Gasteiger partial charge is 0.148 e. The molecule has 2 heterocycles. The van der Waals surface area contributed by atoms with Crippen molar-refractivity contribution in [2.24, 2.45) is 0 Å². The van der Waals surface area contributed by atoms with E-state index in [9.17, 15) is 8.42 Å². The van der Waals surface area contributed by atoms with Gasteiger partial charge in [-0.25, -0.2) is 8.42 Å². The fourth-order valence-corrected chi connectivity index (χ4v) is 3.54. The SMILES string of the molecule is CS(=O)(=O)CCN1CCn2cccc2[C@@H]1c1ccccc1. The third-order valence-electron chi connectivity index (χ3n) is 4.00. The Kier molecular flexibility index (Phi) is 3.87. The molecule has 0 saturated carbocycles. The van der Waals surface area contributed by atoms with E-state index in [1.165, 1.54) is 17.5 Å². The second kappa shape index (κ2) is 5.66. The number of sulfone groups is 1. The van der Waals surface area contributed by atoms with Crippen molar-refractivity contribution < 1.29 is 8.42 Å². The van der Waals surface area contributed by atoms with E-state index in [2.05, 4.69) is 39.9 Å². The van der Waals surface area contributed by atoms with Gasteiger partial charge < -0.3 is 4.57 Å². The average molecular weight is 304 g/mol. The lowest BCUT2D eigenvalue weighted by atomic mass is 10.0. The molecule has 0 saturated heterocycles. The summed E-state index contributed by atoms with van der Waals surface area (Å²) in [5.74, 6) is 0.205. The summed E-state index contributed by atoms with van der Waals surface area (Å²) in [6.07, 6.45) is 3.40. The van der Waals surface area contributed by atoms with E-state index in [-0.39, 0.29) is 11.8 Å². The molecule has 0 N–H and O–H groups in total. The first-order valence-electron chi connectivity index (χ1n) is 7.16. The van der Waals surface area contributed by atoms with Gasteiger partial charge in [-0.3, -0.25) is 4.90 Å². The summed E-state index contributed by atoms with van der Waals surface area (Å²) < 4.78 is 25.2. The first kappa shape index (κ1) is 14.4. The highest BCUT2D eigenvalue weighted by atomic mass is 32.2. The maximum atomic E-state index is 11.5. The number of fused-ring (bicyclic) bond motifs is 1. The molecule has 112 valence electrons. The summed E-state index contributed by atoms with van der Waals surface area (Å²) in [5, 5.41) is 0. The number of nitrogens with zero attached hydrogens (tertiary/aromatic N) is 2. The number of hydrogen-bond donors (Lipinski definition) is 0. The average Bonchev–Trinajstić information content (AvgIpc) is 2.93. The van der Waals surface area contributed by atoms with E-state index in [0.29, 0.717) is 6.54 Å². The molecule has 1 aliphatic heterocycles. The van der Waals surface area contributed by atoms with Crippen molar-refractivity contribution >= 4 is 9.84 Å². The second-order valence-electron chi connectivity index (χ2n) is 5.61.